The van der Waals surface area contributed by atoms with Crippen molar-refractivity contribution < 1.29 is 19.1 Å². The molecule has 0 aromatic rings. The van der Waals surface area contributed by atoms with Gasteiger partial charge in [0.25, 0.3) is 0 Å². The summed E-state index contributed by atoms with van der Waals surface area (Å²) < 4.78 is 10.4. The molecule has 0 heterocycles. The van der Waals surface area contributed by atoms with Crippen LogP contribution in [0.5, 0.6) is 0 Å². The first kappa shape index (κ1) is 24.1. The van der Waals surface area contributed by atoms with Crippen molar-refractivity contribution in [1.29, 1.82) is 0 Å². The number of hydrogen-bond acceptors (Lipinski definition) is 4. The van der Waals surface area contributed by atoms with Crippen molar-refractivity contribution in [2.75, 3.05) is 13.2 Å². The zero-order chi connectivity index (χ0) is 20.1. The Morgan fingerprint density at radius 2 is 1.12 bits per heavy atom. The summed E-state index contributed by atoms with van der Waals surface area (Å²) in [6.07, 6.45) is 2.08. The maximum Gasteiger partial charge on any atom is 0.339 e. The van der Waals surface area contributed by atoms with Crippen molar-refractivity contribution in [1.82, 2.24) is 0 Å². The number of hydrogen-bond donors (Lipinski definition) is 0. The summed E-state index contributed by atoms with van der Waals surface area (Å²) in [5.74, 6) is -1.08. The molecule has 0 saturated heterocycles. The van der Waals surface area contributed by atoms with Crippen molar-refractivity contribution in [2.45, 2.75) is 88.5 Å². The molecular formula is C21H40O4. The minimum absolute atomic E-state index is 0.0305. The fourth-order valence-electron chi connectivity index (χ4n) is 3.98. The summed E-state index contributed by atoms with van der Waals surface area (Å²) >= 11 is 0. The maximum atomic E-state index is 12.0. The van der Waals surface area contributed by atoms with Gasteiger partial charge in [0.2, 0.25) is 0 Å². The number of carbonyl (C=O) groups excluding carboxylic acids is 2. The Hall–Kier alpha value is -0.900. The van der Waals surface area contributed by atoms with Gasteiger partial charge in [0.15, 0.2) is 0 Å². The Balaban J connectivity index is 4.28. The van der Waals surface area contributed by atoms with Gasteiger partial charge in [-0.2, -0.15) is 0 Å². The van der Waals surface area contributed by atoms with E-state index in [1.165, 1.54) is 0 Å². The van der Waals surface area contributed by atoms with Crippen molar-refractivity contribution >= 4 is 11.9 Å². The highest BCUT2D eigenvalue weighted by molar-refractivity contribution is 5.86. The first-order valence-corrected chi connectivity index (χ1v) is 9.22. The van der Waals surface area contributed by atoms with Crippen LogP contribution in [-0.4, -0.2) is 25.2 Å². The van der Waals surface area contributed by atoms with Crippen LogP contribution >= 0.6 is 0 Å². The lowest BCUT2D eigenvalue weighted by Gasteiger charge is -2.32. The largest absolute Gasteiger partial charge is 0.391 e. The van der Waals surface area contributed by atoms with E-state index in [1.807, 2.05) is 13.8 Å². The Labute approximate surface area is 155 Å². The van der Waals surface area contributed by atoms with Gasteiger partial charge >= 0.3 is 11.9 Å². The second-order valence-corrected chi connectivity index (χ2v) is 11.3. The van der Waals surface area contributed by atoms with E-state index in [2.05, 4.69) is 55.4 Å². The van der Waals surface area contributed by atoms with E-state index in [1.54, 1.807) is 0 Å². The first-order valence-electron chi connectivity index (χ1n) is 9.22. The molecule has 25 heavy (non-hydrogen) atoms. The van der Waals surface area contributed by atoms with Gasteiger partial charge in [-0.15, -0.1) is 0 Å². The van der Waals surface area contributed by atoms with Crippen LogP contribution in [-0.2, 0) is 19.1 Å². The van der Waals surface area contributed by atoms with Crippen molar-refractivity contribution in [3.8, 4) is 0 Å². The summed E-state index contributed by atoms with van der Waals surface area (Å²) in [6, 6.07) is 0. The molecule has 4 nitrogen and oxygen atoms in total. The van der Waals surface area contributed by atoms with Crippen molar-refractivity contribution in [3.05, 3.63) is 0 Å². The van der Waals surface area contributed by atoms with Crippen molar-refractivity contribution in [2.24, 2.45) is 21.7 Å². The van der Waals surface area contributed by atoms with Crippen LogP contribution in [0.1, 0.15) is 88.5 Å². The van der Waals surface area contributed by atoms with Crippen LogP contribution in [0.4, 0.5) is 0 Å². The van der Waals surface area contributed by atoms with Gasteiger partial charge in [-0.3, -0.25) is 4.79 Å². The monoisotopic (exact) mass is 356 g/mol. The van der Waals surface area contributed by atoms with E-state index in [-0.39, 0.29) is 34.7 Å². The molecule has 0 aliphatic heterocycles. The van der Waals surface area contributed by atoms with E-state index < -0.39 is 11.9 Å². The van der Waals surface area contributed by atoms with Crippen LogP contribution in [0.3, 0.4) is 0 Å². The summed E-state index contributed by atoms with van der Waals surface area (Å²) in [5.41, 5.74) is 0.0833. The molecule has 0 aliphatic carbocycles. The molecule has 0 amide bonds. The average molecular weight is 357 g/mol. The molecule has 0 aromatic carbocycles. The van der Waals surface area contributed by atoms with Crippen LogP contribution in [0.2, 0.25) is 0 Å². The van der Waals surface area contributed by atoms with Gasteiger partial charge in [0, 0.05) is 0 Å². The van der Waals surface area contributed by atoms with E-state index in [9.17, 15) is 9.59 Å². The molecule has 0 radical (unpaired) electrons. The second-order valence-electron chi connectivity index (χ2n) is 11.3. The quantitative estimate of drug-likeness (QED) is 0.432. The number of carbonyl (C=O) groups is 2. The van der Waals surface area contributed by atoms with E-state index in [4.69, 9.17) is 9.47 Å². The maximum absolute atomic E-state index is 12.0. The lowest BCUT2D eigenvalue weighted by atomic mass is 9.74. The zero-order valence-corrected chi connectivity index (χ0v) is 18.2. The fraction of sp³-hybridized carbons (Fsp3) is 0.905. The Bertz CT molecular complexity index is 447. The van der Waals surface area contributed by atoms with Gasteiger partial charge in [-0.1, -0.05) is 69.2 Å². The highest BCUT2D eigenvalue weighted by Crippen LogP contribution is 2.36. The molecule has 4 heteroatoms. The smallest absolute Gasteiger partial charge is 0.339 e. The summed E-state index contributed by atoms with van der Waals surface area (Å²) in [7, 11) is 0. The zero-order valence-electron chi connectivity index (χ0n) is 18.2. The van der Waals surface area contributed by atoms with Gasteiger partial charge in [0.05, 0.1) is 13.0 Å². The lowest BCUT2D eigenvalue weighted by molar-refractivity contribution is -0.164. The van der Waals surface area contributed by atoms with E-state index in [0.717, 1.165) is 12.8 Å². The van der Waals surface area contributed by atoms with Crippen LogP contribution in [0, 0.1) is 21.7 Å². The minimum Gasteiger partial charge on any atom is -0.391 e. The summed E-state index contributed by atoms with van der Waals surface area (Å²) in [5, 5.41) is 0. The minimum atomic E-state index is -0.608. The molecule has 0 spiro atoms. The molecule has 0 unspecified atom stereocenters. The third-order valence-corrected chi connectivity index (χ3v) is 3.58. The first-order chi connectivity index (χ1) is 10.9. The highest BCUT2D eigenvalue weighted by Gasteiger charge is 2.30. The number of esters is 2. The van der Waals surface area contributed by atoms with Gasteiger partial charge < -0.3 is 9.47 Å². The molecule has 0 rings (SSSR count). The molecule has 0 fully saturated rings. The molecule has 148 valence electrons. The number of rotatable bonds is 8. The van der Waals surface area contributed by atoms with Crippen LogP contribution < -0.4 is 0 Å². The molecule has 0 saturated carbocycles. The summed E-state index contributed by atoms with van der Waals surface area (Å²) in [6.45, 7) is 21.5. The van der Waals surface area contributed by atoms with Crippen LogP contribution in [0.15, 0.2) is 0 Å². The van der Waals surface area contributed by atoms with Gasteiger partial charge in [-0.05, 0) is 34.5 Å². The fourth-order valence-corrected chi connectivity index (χ4v) is 3.98. The Kier molecular flexibility index (Phi) is 8.35. The molecule has 0 aromatic heterocycles. The van der Waals surface area contributed by atoms with Crippen molar-refractivity contribution in [3.63, 3.8) is 0 Å². The van der Waals surface area contributed by atoms with Crippen LogP contribution in [0.25, 0.3) is 0 Å². The third-order valence-electron chi connectivity index (χ3n) is 3.58. The Morgan fingerprint density at radius 1 is 0.680 bits per heavy atom. The molecule has 0 aliphatic rings. The predicted molar refractivity (Wildman–Crippen MR) is 102 cm³/mol. The van der Waals surface area contributed by atoms with Gasteiger partial charge in [-0.25, -0.2) is 4.79 Å². The van der Waals surface area contributed by atoms with E-state index >= 15 is 0 Å². The highest BCUT2D eigenvalue weighted by atomic mass is 16.6. The molecular weight excluding hydrogens is 316 g/mol. The second kappa shape index (κ2) is 8.66. The number of ether oxygens (including phenoxy) is 2. The summed E-state index contributed by atoms with van der Waals surface area (Å²) in [4.78, 5) is 23.8. The van der Waals surface area contributed by atoms with E-state index in [0.29, 0.717) is 6.61 Å². The normalized spacial score (nSPS) is 13.7. The predicted octanol–water partition coefficient (Wildman–Crippen LogP) is 5.39. The topological polar surface area (TPSA) is 52.6 Å². The Morgan fingerprint density at radius 3 is 1.56 bits per heavy atom. The lowest BCUT2D eigenvalue weighted by Crippen LogP contribution is -2.29. The molecule has 0 bridgehead atoms. The average Bonchev–Trinajstić information content (AvgIpc) is 2.18. The molecule has 0 N–H and O–H groups in total. The van der Waals surface area contributed by atoms with Gasteiger partial charge in [0.1, 0.15) is 6.61 Å². The SMILES string of the molecule is CC(C)(C)CC(C)(C)COCC(=O)OC(=O)CC(C)(C)CC(C)(C)C. The molecule has 0 atom stereocenters. The third kappa shape index (κ3) is 14.0. The standard InChI is InChI=1S/C21H40O4/c1-18(2,3)13-20(7,8)11-16(22)25-17(23)12-24-15-21(9,10)14-19(4,5)6/h11-15H2,1-10H3.